The summed E-state index contributed by atoms with van der Waals surface area (Å²) in [6.45, 7) is 6.49. The van der Waals surface area contributed by atoms with Gasteiger partial charge in [0, 0.05) is 19.3 Å². The van der Waals surface area contributed by atoms with Crippen LogP contribution in [0.15, 0.2) is 97.2 Å². The van der Waals surface area contributed by atoms with Gasteiger partial charge in [-0.05, 0) is 103 Å². The van der Waals surface area contributed by atoms with Gasteiger partial charge >= 0.3 is 17.9 Å². The summed E-state index contributed by atoms with van der Waals surface area (Å²) in [5, 5.41) is 0. The fraction of sp³-hybridized carbons (Fsp3) is 0.708. The number of hydrogen-bond donors (Lipinski definition) is 0. The third-order valence-corrected chi connectivity index (χ3v) is 12.6. The van der Waals surface area contributed by atoms with Gasteiger partial charge in [-0.15, -0.1) is 0 Å². The van der Waals surface area contributed by atoms with Crippen LogP contribution < -0.4 is 0 Å². The van der Waals surface area contributed by atoms with Gasteiger partial charge in [-0.25, -0.2) is 0 Å². The molecule has 0 aliphatic heterocycles. The first kappa shape index (κ1) is 67.3. The highest BCUT2D eigenvalue weighted by atomic mass is 16.6. The Bertz CT molecular complexity index is 1410. The highest BCUT2D eigenvalue weighted by Crippen LogP contribution is 2.15. The molecular formula is C65H110O6. The molecule has 0 aromatic rings. The van der Waals surface area contributed by atoms with Crippen molar-refractivity contribution in [2.24, 2.45) is 0 Å². The molecule has 0 aromatic carbocycles. The molecule has 6 nitrogen and oxygen atoms in total. The van der Waals surface area contributed by atoms with Crippen molar-refractivity contribution in [2.75, 3.05) is 13.2 Å². The molecule has 0 rings (SSSR count). The lowest BCUT2D eigenvalue weighted by Crippen LogP contribution is -2.30. The normalized spacial score (nSPS) is 12.8. The molecule has 0 aliphatic rings. The van der Waals surface area contributed by atoms with Crippen LogP contribution in [0.2, 0.25) is 0 Å². The highest BCUT2D eigenvalue weighted by Gasteiger charge is 2.19. The van der Waals surface area contributed by atoms with E-state index in [0.29, 0.717) is 19.3 Å². The molecule has 0 spiro atoms. The van der Waals surface area contributed by atoms with E-state index in [4.69, 9.17) is 14.2 Å². The van der Waals surface area contributed by atoms with Crippen LogP contribution in [-0.2, 0) is 28.6 Å². The summed E-state index contributed by atoms with van der Waals surface area (Å²) in [4.78, 5) is 38.1. The summed E-state index contributed by atoms with van der Waals surface area (Å²) in [5.41, 5.74) is 0. The number of rotatable bonds is 53. The summed E-state index contributed by atoms with van der Waals surface area (Å²) in [5.74, 6) is -0.904. The average Bonchev–Trinajstić information content (AvgIpc) is 3.37. The Labute approximate surface area is 438 Å². The lowest BCUT2D eigenvalue weighted by molar-refractivity contribution is -0.167. The van der Waals surface area contributed by atoms with Crippen molar-refractivity contribution in [2.45, 2.75) is 284 Å². The van der Waals surface area contributed by atoms with E-state index in [1.807, 2.05) is 0 Å². The van der Waals surface area contributed by atoms with Gasteiger partial charge in [0.25, 0.3) is 0 Å². The van der Waals surface area contributed by atoms with E-state index in [1.54, 1.807) is 0 Å². The third kappa shape index (κ3) is 57.1. The van der Waals surface area contributed by atoms with Gasteiger partial charge in [0.05, 0.1) is 0 Å². The second kappa shape index (κ2) is 58.9. The van der Waals surface area contributed by atoms with Crippen molar-refractivity contribution < 1.29 is 28.6 Å². The van der Waals surface area contributed by atoms with E-state index in [2.05, 4.69) is 118 Å². The maximum Gasteiger partial charge on any atom is 0.306 e. The van der Waals surface area contributed by atoms with Crippen molar-refractivity contribution in [3.8, 4) is 0 Å². The van der Waals surface area contributed by atoms with Crippen molar-refractivity contribution in [1.29, 1.82) is 0 Å². The molecule has 0 saturated heterocycles. The zero-order valence-electron chi connectivity index (χ0n) is 46.5. The van der Waals surface area contributed by atoms with Gasteiger partial charge in [0.1, 0.15) is 13.2 Å². The fourth-order valence-electron chi connectivity index (χ4n) is 8.12. The minimum absolute atomic E-state index is 0.0841. The summed E-state index contributed by atoms with van der Waals surface area (Å²) in [6, 6.07) is 0. The second-order valence-electron chi connectivity index (χ2n) is 19.5. The fourth-order valence-corrected chi connectivity index (χ4v) is 8.12. The van der Waals surface area contributed by atoms with E-state index >= 15 is 0 Å². The maximum atomic E-state index is 12.9. The minimum atomic E-state index is -0.787. The maximum absolute atomic E-state index is 12.9. The molecule has 0 fully saturated rings. The summed E-state index contributed by atoms with van der Waals surface area (Å²) >= 11 is 0. The first-order valence-corrected chi connectivity index (χ1v) is 29.7. The standard InChI is InChI=1S/C65H110O6/c1-4-7-10-13-16-19-22-24-26-28-30-31-32-33-34-35-36-38-39-41-43-46-49-52-55-58-64(67)70-61-62(60-69-63(66)57-54-51-48-45-21-18-15-12-9-6-3)71-65(68)59-56-53-50-47-44-42-40-37-29-27-25-23-20-17-14-11-8-5-2/h7,10,16,19-20,23-24,26-27,29-31,33-34,36,38,62H,4-6,8-9,11-15,17-18,21-22,25,28,32,35,37,39-61H2,1-3H3/b10-7-,19-16-,23-20-,26-24-,29-27-,31-30-,34-33-,38-36-. The minimum Gasteiger partial charge on any atom is -0.462 e. The van der Waals surface area contributed by atoms with E-state index in [9.17, 15) is 14.4 Å². The molecule has 0 radical (unpaired) electrons. The van der Waals surface area contributed by atoms with Gasteiger partial charge in [0.15, 0.2) is 6.10 Å². The molecule has 0 heterocycles. The first-order valence-electron chi connectivity index (χ1n) is 29.7. The first-order chi connectivity index (χ1) is 35.0. The van der Waals surface area contributed by atoms with Crippen molar-refractivity contribution >= 4 is 17.9 Å². The Morgan fingerprint density at radius 3 is 0.873 bits per heavy atom. The van der Waals surface area contributed by atoms with Gasteiger partial charge in [-0.3, -0.25) is 14.4 Å². The van der Waals surface area contributed by atoms with E-state index in [-0.39, 0.29) is 31.1 Å². The molecule has 0 bridgehead atoms. The molecule has 0 aromatic heterocycles. The van der Waals surface area contributed by atoms with Crippen LogP contribution in [0.25, 0.3) is 0 Å². The number of esters is 3. The van der Waals surface area contributed by atoms with Crippen LogP contribution in [0.3, 0.4) is 0 Å². The molecule has 0 amide bonds. The summed E-state index contributed by atoms with van der Waals surface area (Å²) in [6.07, 6.45) is 78.3. The Kier molecular flexibility index (Phi) is 55.9. The number of allylic oxidation sites excluding steroid dienone is 16. The highest BCUT2D eigenvalue weighted by molar-refractivity contribution is 5.71. The quantitative estimate of drug-likeness (QED) is 0.0261. The molecule has 1 unspecified atom stereocenters. The number of unbranched alkanes of at least 4 members (excludes halogenated alkanes) is 26. The van der Waals surface area contributed by atoms with Crippen molar-refractivity contribution in [3.05, 3.63) is 97.2 Å². The SMILES string of the molecule is CC/C=C\C/C=C\C/C=C\C/C=C\C/C=C\C/C=C\CCCCCCCCC(=O)OCC(COC(=O)CCCCCCCCCCCC)OC(=O)CCCCCCCCC/C=C\C/C=C\CCCCCC. The molecule has 6 heteroatoms. The van der Waals surface area contributed by atoms with Crippen molar-refractivity contribution in [3.63, 3.8) is 0 Å². The third-order valence-electron chi connectivity index (χ3n) is 12.6. The van der Waals surface area contributed by atoms with Crippen LogP contribution >= 0.6 is 0 Å². The zero-order valence-corrected chi connectivity index (χ0v) is 46.5. The molecule has 0 saturated carbocycles. The topological polar surface area (TPSA) is 78.9 Å². The molecule has 0 aliphatic carbocycles. The lowest BCUT2D eigenvalue weighted by atomic mass is 10.1. The van der Waals surface area contributed by atoms with E-state index in [0.717, 1.165) is 122 Å². The van der Waals surface area contributed by atoms with Crippen LogP contribution in [-0.4, -0.2) is 37.2 Å². The van der Waals surface area contributed by atoms with Gasteiger partial charge < -0.3 is 14.2 Å². The molecule has 71 heavy (non-hydrogen) atoms. The second-order valence-corrected chi connectivity index (χ2v) is 19.5. The number of carbonyl (C=O) groups is 3. The Hall–Kier alpha value is -3.67. The largest absolute Gasteiger partial charge is 0.462 e. The Morgan fingerprint density at radius 1 is 0.296 bits per heavy atom. The predicted octanol–water partition coefficient (Wildman–Crippen LogP) is 20.1. The van der Waals surface area contributed by atoms with E-state index in [1.165, 1.54) is 116 Å². The Morgan fingerprint density at radius 2 is 0.549 bits per heavy atom. The summed E-state index contributed by atoms with van der Waals surface area (Å²) in [7, 11) is 0. The molecule has 406 valence electrons. The number of ether oxygens (including phenoxy) is 3. The molecular weight excluding hydrogens is 877 g/mol. The smallest absolute Gasteiger partial charge is 0.306 e. The summed E-state index contributed by atoms with van der Waals surface area (Å²) < 4.78 is 16.8. The number of hydrogen-bond acceptors (Lipinski definition) is 6. The van der Waals surface area contributed by atoms with Crippen LogP contribution in [0.1, 0.15) is 278 Å². The van der Waals surface area contributed by atoms with Gasteiger partial charge in [-0.2, -0.15) is 0 Å². The zero-order chi connectivity index (χ0) is 51.4. The van der Waals surface area contributed by atoms with Crippen LogP contribution in [0.5, 0.6) is 0 Å². The van der Waals surface area contributed by atoms with Gasteiger partial charge in [-0.1, -0.05) is 253 Å². The monoisotopic (exact) mass is 987 g/mol. The number of carbonyl (C=O) groups excluding carboxylic acids is 3. The molecule has 0 N–H and O–H groups in total. The predicted molar refractivity (Wildman–Crippen MR) is 307 cm³/mol. The van der Waals surface area contributed by atoms with Crippen molar-refractivity contribution in [1.82, 2.24) is 0 Å². The van der Waals surface area contributed by atoms with Crippen LogP contribution in [0, 0.1) is 0 Å². The molecule has 1 atom stereocenters. The Balaban J connectivity index is 4.33. The van der Waals surface area contributed by atoms with Crippen LogP contribution in [0.4, 0.5) is 0 Å². The lowest BCUT2D eigenvalue weighted by Gasteiger charge is -2.18. The average molecular weight is 988 g/mol. The van der Waals surface area contributed by atoms with E-state index < -0.39 is 6.10 Å². The van der Waals surface area contributed by atoms with Gasteiger partial charge in [0.2, 0.25) is 0 Å².